The van der Waals surface area contributed by atoms with Crippen LogP contribution in [0.4, 0.5) is 5.69 Å². The molecule has 1 aromatic rings. The molecule has 2 fully saturated rings. The molecule has 0 atom stereocenters. The first kappa shape index (κ1) is 14.9. The van der Waals surface area contributed by atoms with Gasteiger partial charge in [-0.15, -0.1) is 0 Å². The number of rotatable bonds is 5. The summed E-state index contributed by atoms with van der Waals surface area (Å²) in [4.78, 5) is 5.27. The minimum atomic E-state index is 0.913. The van der Waals surface area contributed by atoms with Gasteiger partial charge < -0.3 is 15.1 Å². The molecule has 2 heterocycles. The van der Waals surface area contributed by atoms with Gasteiger partial charge >= 0.3 is 0 Å². The number of piperidine rings is 1. The molecule has 116 valence electrons. The summed E-state index contributed by atoms with van der Waals surface area (Å²) in [5.41, 5.74) is 2.87. The number of para-hydroxylation sites is 1. The maximum atomic E-state index is 3.29. The van der Waals surface area contributed by atoms with Crippen molar-refractivity contribution in [3.8, 4) is 0 Å². The molecule has 21 heavy (non-hydrogen) atoms. The minimum absolute atomic E-state index is 0.913. The lowest BCUT2D eigenvalue weighted by molar-refractivity contribution is 0.249. The van der Waals surface area contributed by atoms with Crippen molar-refractivity contribution in [3.05, 3.63) is 29.8 Å². The molecule has 0 saturated carbocycles. The summed E-state index contributed by atoms with van der Waals surface area (Å²) < 4.78 is 0. The van der Waals surface area contributed by atoms with Gasteiger partial charge in [0.25, 0.3) is 0 Å². The van der Waals surface area contributed by atoms with Crippen LogP contribution in [0, 0.1) is 5.92 Å². The molecule has 0 radical (unpaired) electrons. The van der Waals surface area contributed by atoms with Crippen LogP contribution in [0.3, 0.4) is 0 Å². The SMILES string of the molecule is CNCc1ccccc1N1CCC(CN2CCCC2)CC1. The smallest absolute Gasteiger partial charge is 0.0411 e. The molecule has 0 aliphatic carbocycles. The first-order valence-electron chi connectivity index (χ1n) is 8.56. The van der Waals surface area contributed by atoms with Gasteiger partial charge in [0.2, 0.25) is 0 Å². The first-order chi connectivity index (χ1) is 10.4. The highest BCUT2D eigenvalue weighted by molar-refractivity contribution is 5.53. The fourth-order valence-electron chi connectivity index (χ4n) is 3.85. The maximum Gasteiger partial charge on any atom is 0.0411 e. The van der Waals surface area contributed by atoms with E-state index in [9.17, 15) is 0 Å². The number of likely N-dealkylation sites (tertiary alicyclic amines) is 1. The number of nitrogens with one attached hydrogen (secondary N) is 1. The van der Waals surface area contributed by atoms with Crippen LogP contribution in [0.1, 0.15) is 31.2 Å². The molecule has 0 unspecified atom stereocenters. The predicted octanol–water partition coefficient (Wildman–Crippen LogP) is 2.72. The summed E-state index contributed by atoms with van der Waals surface area (Å²) in [5, 5.41) is 3.29. The van der Waals surface area contributed by atoms with Crippen molar-refractivity contribution in [2.45, 2.75) is 32.2 Å². The van der Waals surface area contributed by atoms with Gasteiger partial charge in [-0.05, 0) is 63.4 Å². The third kappa shape index (κ3) is 3.78. The van der Waals surface area contributed by atoms with Crippen LogP contribution in [0.5, 0.6) is 0 Å². The largest absolute Gasteiger partial charge is 0.371 e. The van der Waals surface area contributed by atoms with Crippen LogP contribution in [-0.4, -0.2) is 44.7 Å². The number of hydrogen-bond acceptors (Lipinski definition) is 3. The lowest BCUT2D eigenvalue weighted by Gasteiger charge is -2.36. The van der Waals surface area contributed by atoms with Crippen molar-refractivity contribution < 1.29 is 0 Å². The molecule has 2 saturated heterocycles. The molecular weight excluding hydrogens is 258 g/mol. The van der Waals surface area contributed by atoms with Gasteiger partial charge in [-0.2, -0.15) is 0 Å². The van der Waals surface area contributed by atoms with Crippen LogP contribution in [0.2, 0.25) is 0 Å². The molecule has 1 N–H and O–H groups in total. The molecule has 3 rings (SSSR count). The zero-order valence-electron chi connectivity index (χ0n) is 13.4. The Morgan fingerprint density at radius 3 is 2.48 bits per heavy atom. The quantitative estimate of drug-likeness (QED) is 0.898. The molecule has 0 aromatic heterocycles. The van der Waals surface area contributed by atoms with Gasteiger partial charge in [0.1, 0.15) is 0 Å². The van der Waals surface area contributed by atoms with E-state index in [0.29, 0.717) is 0 Å². The Kier molecular flexibility index (Phi) is 5.15. The molecule has 0 amide bonds. The summed E-state index contributed by atoms with van der Waals surface area (Å²) in [6.45, 7) is 7.42. The number of hydrogen-bond donors (Lipinski definition) is 1. The summed E-state index contributed by atoms with van der Waals surface area (Å²) in [7, 11) is 2.03. The van der Waals surface area contributed by atoms with Crippen LogP contribution in [0.15, 0.2) is 24.3 Å². The molecule has 3 nitrogen and oxygen atoms in total. The molecular formula is C18H29N3. The normalized spacial score (nSPS) is 21.1. The van der Waals surface area contributed by atoms with E-state index in [1.807, 2.05) is 7.05 Å². The summed E-state index contributed by atoms with van der Waals surface area (Å²) >= 11 is 0. The molecule has 0 bridgehead atoms. The third-order valence-corrected chi connectivity index (χ3v) is 5.03. The van der Waals surface area contributed by atoms with Crippen LogP contribution in [-0.2, 0) is 6.54 Å². The molecule has 2 aliphatic rings. The van der Waals surface area contributed by atoms with Gasteiger partial charge in [0.15, 0.2) is 0 Å². The second-order valence-corrected chi connectivity index (χ2v) is 6.60. The third-order valence-electron chi connectivity index (χ3n) is 5.03. The Balaban J connectivity index is 1.55. The average molecular weight is 287 g/mol. The maximum absolute atomic E-state index is 3.29. The van der Waals surface area contributed by atoms with E-state index in [1.165, 1.54) is 69.7 Å². The topological polar surface area (TPSA) is 18.5 Å². The van der Waals surface area contributed by atoms with E-state index in [4.69, 9.17) is 0 Å². The van der Waals surface area contributed by atoms with Gasteiger partial charge in [0.05, 0.1) is 0 Å². The van der Waals surface area contributed by atoms with Crippen molar-refractivity contribution in [1.82, 2.24) is 10.2 Å². The zero-order valence-corrected chi connectivity index (χ0v) is 13.4. The number of benzene rings is 1. The van der Waals surface area contributed by atoms with Crippen molar-refractivity contribution >= 4 is 5.69 Å². The molecule has 0 spiro atoms. The van der Waals surface area contributed by atoms with E-state index < -0.39 is 0 Å². The summed E-state index contributed by atoms with van der Waals surface area (Å²) in [6.07, 6.45) is 5.53. The van der Waals surface area contributed by atoms with Crippen LogP contribution >= 0.6 is 0 Å². The number of nitrogens with zero attached hydrogens (tertiary/aromatic N) is 2. The van der Waals surface area contributed by atoms with Crippen molar-refractivity contribution in [2.75, 3.05) is 44.7 Å². The number of anilines is 1. The van der Waals surface area contributed by atoms with Crippen LogP contribution < -0.4 is 10.2 Å². The highest BCUT2D eigenvalue weighted by Crippen LogP contribution is 2.27. The van der Waals surface area contributed by atoms with Crippen molar-refractivity contribution in [1.29, 1.82) is 0 Å². The minimum Gasteiger partial charge on any atom is -0.371 e. The molecule has 2 aliphatic heterocycles. The molecule has 1 aromatic carbocycles. The summed E-state index contributed by atoms with van der Waals surface area (Å²) in [6, 6.07) is 8.86. The highest BCUT2D eigenvalue weighted by Gasteiger charge is 2.23. The van der Waals surface area contributed by atoms with Crippen LogP contribution in [0.25, 0.3) is 0 Å². The van der Waals surface area contributed by atoms with E-state index in [0.717, 1.165) is 12.5 Å². The monoisotopic (exact) mass is 287 g/mol. The fraction of sp³-hybridized carbons (Fsp3) is 0.667. The molecule has 3 heteroatoms. The zero-order chi connectivity index (χ0) is 14.5. The highest BCUT2D eigenvalue weighted by atomic mass is 15.2. The average Bonchev–Trinajstić information content (AvgIpc) is 3.02. The Bertz CT molecular complexity index is 432. The van der Waals surface area contributed by atoms with E-state index in [-0.39, 0.29) is 0 Å². The second kappa shape index (κ2) is 7.28. The predicted molar refractivity (Wildman–Crippen MR) is 89.8 cm³/mol. The Labute approximate surface area is 129 Å². The standard InChI is InChI=1S/C18H29N3/c1-19-14-17-6-2-3-7-18(17)21-12-8-16(9-13-21)15-20-10-4-5-11-20/h2-3,6-7,16,19H,4-5,8-15H2,1H3. The van der Waals surface area contributed by atoms with Gasteiger partial charge in [-0.3, -0.25) is 0 Å². The Hall–Kier alpha value is -1.06. The van der Waals surface area contributed by atoms with Gasteiger partial charge in [-0.25, -0.2) is 0 Å². The second-order valence-electron chi connectivity index (χ2n) is 6.60. The lowest BCUT2D eigenvalue weighted by atomic mass is 9.95. The first-order valence-corrected chi connectivity index (χ1v) is 8.56. The Morgan fingerprint density at radius 1 is 1.05 bits per heavy atom. The summed E-state index contributed by atoms with van der Waals surface area (Å²) in [5.74, 6) is 0.913. The Morgan fingerprint density at radius 2 is 1.76 bits per heavy atom. The van der Waals surface area contributed by atoms with E-state index in [2.05, 4.69) is 39.4 Å². The van der Waals surface area contributed by atoms with E-state index in [1.54, 1.807) is 0 Å². The van der Waals surface area contributed by atoms with Gasteiger partial charge in [0, 0.05) is 31.9 Å². The van der Waals surface area contributed by atoms with E-state index >= 15 is 0 Å². The fourth-order valence-corrected chi connectivity index (χ4v) is 3.85. The van der Waals surface area contributed by atoms with Gasteiger partial charge in [-0.1, -0.05) is 18.2 Å². The van der Waals surface area contributed by atoms with Crippen molar-refractivity contribution in [2.24, 2.45) is 5.92 Å². The lowest BCUT2D eigenvalue weighted by Crippen LogP contribution is -2.38. The van der Waals surface area contributed by atoms with Crippen molar-refractivity contribution in [3.63, 3.8) is 0 Å².